The SMILES string of the molecule is Cn1cc(N(C[CH2][Na])S(=O)(=O)NC(=O)Cc2c3c(cc4c2CCC4)CCC3)cn1. The van der Waals surface area contributed by atoms with E-state index in [4.69, 9.17) is 0 Å². The molecule has 0 saturated heterocycles. The monoisotopic (exact) mass is 424 g/mol. The molecule has 1 aromatic heterocycles. The summed E-state index contributed by atoms with van der Waals surface area (Å²) in [5, 5.41) is 4.07. The van der Waals surface area contributed by atoms with Crippen molar-refractivity contribution in [3.63, 3.8) is 0 Å². The topological polar surface area (TPSA) is 84.3 Å². The zero-order chi connectivity index (χ0) is 20.6. The minimum absolute atomic E-state index is 0.131. The Morgan fingerprint density at radius 1 is 1.21 bits per heavy atom. The number of benzene rings is 1. The molecule has 0 unspecified atom stereocenters. The first-order valence-corrected chi connectivity index (χ1v) is 13.2. The molecule has 1 N–H and O–H groups in total. The van der Waals surface area contributed by atoms with E-state index in [1.54, 1.807) is 17.9 Å². The third-order valence-electron chi connectivity index (χ3n) is 5.87. The van der Waals surface area contributed by atoms with Gasteiger partial charge in [-0.15, -0.1) is 0 Å². The summed E-state index contributed by atoms with van der Waals surface area (Å²) in [4.78, 5) is 12.8. The summed E-state index contributed by atoms with van der Waals surface area (Å²) in [6, 6.07) is 2.32. The Bertz CT molecular complexity index is 1020. The molecule has 0 aliphatic heterocycles. The second-order valence-electron chi connectivity index (χ2n) is 7.99. The molecule has 29 heavy (non-hydrogen) atoms. The number of nitrogens with zero attached hydrogens (tertiary/aromatic N) is 3. The van der Waals surface area contributed by atoms with Crippen molar-refractivity contribution in [2.45, 2.75) is 48.6 Å². The van der Waals surface area contributed by atoms with Gasteiger partial charge in [-0.25, -0.2) is 0 Å². The van der Waals surface area contributed by atoms with Crippen LogP contribution in [0, 0.1) is 0 Å². The summed E-state index contributed by atoms with van der Waals surface area (Å²) >= 11 is 0.872. The second-order valence-corrected chi connectivity index (χ2v) is 10.6. The molecule has 0 radical (unpaired) electrons. The zero-order valence-electron chi connectivity index (χ0n) is 17.1. The van der Waals surface area contributed by atoms with Gasteiger partial charge in [-0.1, -0.05) is 0 Å². The first-order valence-electron chi connectivity index (χ1n) is 10.4. The number of carbonyl (C=O) groups excluding carboxylic acids is 1. The van der Waals surface area contributed by atoms with Crippen LogP contribution in [0.15, 0.2) is 18.5 Å². The number of aromatic nitrogens is 2. The van der Waals surface area contributed by atoms with Crippen LogP contribution in [0.5, 0.6) is 0 Å². The Hall–Kier alpha value is -1.35. The Balaban J connectivity index is 1.57. The van der Waals surface area contributed by atoms with Gasteiger partial charge in [-0.3, -0.25) is 0 Å². The van der Waals surface area contributed by atoms with Crippen molar-refractivity contribution in [1.29, 1.82) is 0 Å². The molecule has 0 fully saturated rings. The van der Waals surface area contributed by atoms with Gasteiger partial charge in [0.05, 0.1) is 0 Å². The fourth-order valence-corrected chi connectivity index (χ4v) is 6.71. The number of rotatable bonds is 7. The first-order chi connectivity index (χ1) is 13.9. The molecule has 1 heterocycles. The fourth-order valence-electron chi connectivity index (χ4n) is 4.67. The van der Waals surface area contributed by atoms with Crippen LogP contribution >= 0.6 is 0 Å². The van der Waals surface area contributed by atoms with E-state index in [1.165, 1.54) is 32.8 Å². The summed E-state index contributed by atoms with van der Waals surface area (Å²) in [6.45, 7) is 0.344. The van der Waals surface area contributed by atoms with Crippen LogP contribution in [-0.4, -0.2) is 58.6 Å². The summed E-state index contributed by atoms with van der Waals surface area (Å²) in [6.07, 6.45) is 9.61. The number of hydrogen-bond acceptors (Lipinski definition) is 4. The maximum atomic E-state index is 13.0. The molecule has 4 rings (SSSR count). The van der Waals surface area contributed by atoms with Crippen LogP contribution in [0.2, 0.25) is 3.67 Å². The molecule has 1 amide bonds. The molecule has 1 aromatic carbocycles. The second kappa shape index (κ2) is 8.41. The van der Waals surface area contributed by atoms with Crippen LogP contribution in [0.3, 0.4) is 0 Å². The maximum absolute atomic E-state index is 13.0. The summed E-state index contributed by atoms with van der Waals surface area (Å²) < 4.78 is 31.8. The average Bonchev–Trinajstić information content (AvgIpc) is 3.39. The van der Waals surface area contributed by atoms with Crippen LogP contribution in [-0.2, 0) is 54.2 Å². The first kappa shape index (κ1) is 20.9. The van der Waals surface area contributed by atoms with E-state index in [0.717, 1.165) is 75.7 Å². The molecular weight excluding hydrogens is 399 g/mol. The fraction of sp³-hybridized carbons (Fsp3) is 0.500. The predicted octanol–water partition coefficient (Wildman–Crippen LogP) is 1.39. The van der Waals surface area contributed by atoms with Gasteiger partial charge in [-0.2, -0.15) is 0 Å². The number of nitrogens with one attached hydrogen (secondary N) is 1. The predicted molar refractivity (Wildman–Crippen MR) is 112 cm³/mol. The van der Waals surface area contributed by atoms with Gasteiger partial charge in [-0.05, 0) is 0 Å². The van der Waals surface area contributed by atoms with E-state index < -0.39 is 16.1 Å². The Kier molecular flexibility index (Phi) is 6.06. The van der Waals surface area contributed by atoms with Crippen molar-refractivity contribution in [3.8, 4) is 0 Å². The normalized spacial score (nSPS) is 15.3. The van der Waals surface area contributed by atoms with Crippen molar-refractivity contribution in [3.05, 3.63) is 46.3 Å². The number of carbonyl (C=O) groups is 1. The van der Waals surface area contributed by atoms with Gasteiger partial charge < -0.3 is 0 Å². The van der Waals surface area contributed by atoms with Gasteiger partial charge in [0.1, 0.15) is 0 Å². The molecule has 0 saturated carbocycles. The summed E-state index contributed by atoms with van der Waals surface area (Å²) in [5.41, 5.74) is 6.82. The third kappa shape index (κ3) is 4.26. The van der Waals surface area contributed by atoms with Crippen LogP contribution in [0.25, 0.3) is 0 Å². The Morgan fingerprint density at radius 3 is 2.41 bits per heavy atom. The molecule has 7 nitrogen and oxygen atoms in total. The summed E-state index contributed by atoms with van der Waals surface area (Å²) in [7, 11) is -2.23. The minimum atomic E-state index is -3.97. The van der Waals surface area contributed by atoms with Crippen LogP contribution in [0.1, 0.15) is 40.7 Å². The molecular formula is C20H25N4NaO3S. The van der Waals surface area contributed by atoms with E-state index in [1.807, 2.05) is 0 Å². The van der Waals surface area contributed by atoms with Gasteiger partial charge in [0.25, 0.3) is 0 Å². The van der Waals surface area contributed by atoms with E-state index in [0.29, 0.717) is 12.2 Å². The van der Waals surface area contributed by atoms with E-state index in [9.17, 15) is 13.2 Å². The molecule has 2 aliphatic rings. The summed E-state index contributed by atoms with van der Waals surface area (Å²) in [5.74, 6) is -0.457. The molecule has 0 atom stereocenters. The van der Waals surface area contributed by atoms with E-state index >= 15 is 0 Å². The average molecular weight is 425 g/mol. The van der Waals surface area contributed by atoms with Crippen LogP contribution in [0.4, 0.5) is 5.69 Å². The number of amides is 1. The third-order valence-corrected chi connectivity index (χ3v) is 7.78. The van der Waals surface area contributed by atoms with Gasteiger partial charge >= 0.3 is 190 Å². The van der Waals surface area contributed by atoms with Crippen molar-refractivity contribution in [2.24, 2.45) is 7.05 Å². The van der Waals surface area contributed by atoms with Crippen LogP contribution < -0.4 is 9.03 Å². The molecule has 2 aliphatic carbocycles. The quantitative estimate of drug-likeness (QED) is 0.681. The van der Waals surface area contributed by atoms with Crippen molar-refractivity contribution in [2.75, 3.05) is 10.8 Å². The number of anilines is 1. The van der Waals surface area contributed by atoms with Crippen molar-refractivity contribution >= 4 is 49.7 Å². The molecule has 150 valence electrons. The van der Waals surface area contributed by atoms with Gasteiger partial charge in [0.2, 0.25) is 0 Å². The van der Waals surface area contributed by atoms with Gasteiger partial charge in [0, 0.05) is 0 Å². The molecule has 0 bridgehead atoms. The van der Waals surface area contributed by atoms with Crippen molar-refractivity contribution < 1.29 is 13.2 Å². The molecule has 2 aromatic rings. The van der Waals surface area contributed by atoms with Crippen molar-refractivity contribution in [1.82, 2.24) is 14.5 Å². The standard InChI is InChI=1S/C20H25N4O3S.Na/c1-3-24(16-12-21-23(2)13-16)28(26,27)22-20(25)11-19-17-8-4-6-14(17)10-15-7-5-9-18(15)19;/h10,12-13H,1,3-9,11H2,2H3,(H,22,25);. The zero-order valence-corrected chi connectivity index (χ0v) is 19.9. The molecule has 0 spiro atoms. The van der Waals surface area contributed by atoms with E-state index in [2.05, 4.69) is 15.9 Å². The number of hydrogen-bond donors (Lipinski definition) is 1. The number of aryl methyl sites for hydroxylation is 3. The van der Waals surface area contributed by atoms with Gasteiger partial charge in [0.15, 0.2) is 0 Å². The van der Waals surface area contributed by atoms with E-state index in [-0.39, 0.29) is 6.42 Å². The molecule has 9 heteroatoms. The Morgan fingerprint density at radius 2 is 1.86 bits per heavy atom. The Labute approximate surface area is 189 Å². The number of fused-ring (bicyclic) bond motifs is 2.